The van der Waals surface area contributed by atoms with Crippen LogP contribution in [-0.2, 0) is 13.1 Å². The van der Waals surface area contributed by atoms with Crippen LogP contribution in [0.25, 0.3) is 0 Å². The molecule has 1 N–H and O–H groups in total. The SMILES string of the molecule is CCn1ncnc1CN1CC(C)(C)NCC12CCCC2. The molecule has 1 aromatic heterocycles. The third kappa shape index (κ3) is 2.49. The minimum absolute atomic E-state index is 0.185. The van der Waals surface area contributed by atoms with E-state index in [-0.39, 0.29) is 5.54 Å². The lowest BCUT2D eigenvalue weighted by atomic mass is 9.87. The number of aryl methyl sites for hydroxylation is 1. The van der Waals surface area contributed by atoms with Crippen molar-refractivity contribution in [2.24, 2.45) is 0 Å². The van der Waals surface area contributed by atoms with Crippen LogP contribution < -0.4 is 5.32 Å². The topological polar surface area (TPSA) is 46.0 Å². The third-order valence-electron chi connectivity index (χ3n) is 5.01. The van der Waals surface area contributed by atoms with Crippen molar-refractivity contribution < 1.29 is 0 Å². The quantitative estimate of drug-likeness (QED) is 0.915. The Labute approximate surface area is 121 Å². The molecule has 0 aromatic carbocycles. The average molecular weight is 277 g/mol. The third-order valence-corrected chi connectivity index (χ3v) is 5.01. The molecule has 0 bridgehead atoms. The summed E-state index contributed by atoms with van der Waals surface area (Å²) in [5, 5.41) is 8.06. The molecule has 1 saturated carbocycles. The first-order chi connectivity index (χ1) is 9.55. The largest absolute Gasteiger partial charge is 0.309 e. The fourth-order valence-electron chi connectivity index (χ4n) is 3.81. The highest BCUT2D eigenvalue weighted by atomic mass is 15.4. The molecule has 112 valence electrons. The Morgan fingerprint density at radius 2 is 2.05 bits per heavy atom. The summed E-state index contributed by atoms with van der Waals surface area (Å²) in [5.41, 5.74) is 0.533. The summed E-state index contributed by atoms with van der Waals surface area (Å²) >= 11 is 0. The van der Waals surface area contributed by atoms with Gasteiger partial charge in [-0.05, 0) is 33.6 Å². The lowest BCUT2D eigenvalue weighted by molar-refractivity contribution is 0.00933. The van der Waals surface area contributed by atoms with Gasteiger partial charge in [-0.15, -0.1) is 0 Å². The molecule has 0 unspecified atom stereocenters. The molecule has 1 spiro atoms. The summed E-state index contributed by atoms with van der Waals surface area (Å²) < 4.78 is 2.03. The summed E-state index contributed by atoms with van der Waals surface area (Å²) in [6, 6.07) is 0. The van der Waals surface area contributed by atoms with Crippen LogP contribution in [0.1, 0.15) is 52.3 Å². The Hall–Kier alpha value is -0.940. The zero-order valence-electron chi connectivity index (χ0n) is 13.0. The molecule has 0 amide bonds. The van der Waals surface area contributed by atoms with E-state index in [4.69, 9.17) is 0 Å². The van der Waals surface area contributed by atoms with E-state index < -0.39 is 0 Å². The van der Waals surface area contributed by atoms with E-state index >= 15 is 0 Å². The molecule has 1 aromatic rings. The molecule has 0 radical (unpaired) electrons. The maximum atomic E-state index is 4.47. The second-order valence-corrected chi connectivity index (χ2v) is 7.02. The van der Waals surface area contributed by atoms with E-state index in [2.05, 4.69) is 41.1 Å². The molecule has 1 saturated heterocycles. The van der Waals surface area contributed by atoms with Crippen LogP contribution in [0.2, 0.25) is 0 Å². The van der Waals surface area contributed by atoms with E-state index in [1.807, 2.05) is 4.68 Å². The fourth-order valence-corrected chi connectivity index (χ4v) is 3.81. The van der Waals surface area contributed by atoms with Gasteiger partial charge in [0.1, 0.15) is 12.2 Å². The number of rotatable bonds is 3. The Bertz CT molecular complexity index is 459. The van der Waals surface area contributed by atoms with E-state index in [1.165, 1.54) is 25.7 Å². The van der Waals surface area contributed by atoms with Crippen LogP contribution in [0.3, 0.4) is 0 Å². The molecule has 2 fully saturated rings. The van der Waals surface area contributed by atoms with Crippen LogP contribution >= 0.6 is 0 Å². The zero-order valence-corrected chi connectivity index (χ0v) is 13.0. The van der Waals surface area contributed by atoms with Crippen molar-refractivity contribution in [3.05, 3.63) is 12.2 Å². The fraction of sp³-hybridized carbons (Fsp3) is 0.867. The predicted octanol–water partition coefficient (Wildman–Crippen LogP) is 1.79. The smallest absolute Gasteiger partial charge is 0.141 e. The predicted molar refractivity (Wildman–Crippen MR) is 79.4 cm³/mol. The molecule has 0 atom stereocenters. The molecular weight excluding hydrogens is 250 g/mol. The standard InChI is InChI=1S/C15H27N5/c1-4-20-13(16-12-18-20)9-19-11-14(2,3)17-10-15(19)7-5-6-8-15/h12,17H,4-11H2,1-3H3. The van der Waals surface area contributed by atoms with Crippen LogP contribution in [0.15, 0.2) is 6.33 Å². The van der Waals surface area contributed by atoms with Gasteiger partial charge in [0.25, 0.3) is 0 Å². The van der Waals surface area contributed by atoms with Crippen LogP contribution in [-0.4, -0.2) is 43.8 Å². The van der Waals surface area contributed by atoms with E-state index in [9.17, 15) is 0 Å². The van der Waals surface area contributed by atoms with Crippen LogP contribution in [0, 0.1) is 0 Å². The van der Waals surface area contributed by atoms with Gasteiger partial charge in [-0.1, -0.05) is 12.8 Å². The first-order valence-corrected chi connectivity index (χ1v) is 7.91. The molecule has 1 aliphatic carbocycles. The molecule has 20 heavy (non-hydrogen) atoms. The second kappa shape index (κ2) is 5.11. The summed E-state index contributed by atoms with van der Waals surface area (Å²) in [7, 11) is 0. The first kappa shape index (κ1) is 14.0. The number of aromatic nitrogens is 3. The van der Waals surface area contributed by atoms with Crippen LogP contribution in [0.4, 0.5) is 0 Å². The van der Waals surface area contributed by atoms with Gasteiger partial charge in [0.2, 0.25) is 0 Å². The molecular formula is C15H27N5. The van der Waals surface area contributed by atoms with Gasteiger partial charge in [-0.3, -0.25) is 4.90 Å². The van der Waals surface area contributed by atoms with E-state index in [1.54, 1.807) is 6.33 Å². The maximum Gasteiger partial charge on any atom is 0.141 e. The van der Waals surface area contributed by atoms with E-state index in [0.29, 0.717) is 5.54 Å². The van der Waals surface area contributed by atoms with Gasteiger partial charge < -0.3 is 5.32 Å². The van der Waals surface area contributed by atoms with Gasteiger partial charge in [-0.25, -0.2) is 9.67 Å². The lowest BCUT2D eigenvalue weighted by Gasteiger charge is -2.51. The second-order valence-electron chi connectivity index (χ2n) is 7.02. The number of nitrogens with one attached hydrogen (secondary N) is 1. The minimum atomic E-state index is 0.185. The molecule has 5 heteroatoms. The molecule has 1 aliphatic heterocycles. The Balaban J connectivity index is 1.83. The minimum Gasteiger partial charge on any atom is -0.309 e. The summed E-state index contributed by atoms with van der Waals surface area (Å²) in [5.74, 6) is 1.11. The number of piperazine rings is 1. The molecule has 5 nitrogen and oxygen atoms in total. The van der Waals surface area contributed by atoms with Crippen molar-refractivity contribution >= 4 is 0 Å². The highest BCUT2D eigenvalue weighted by molar-refractivity contribution is 5.05. The van der Waals surface area contributed by atoms with Crippen LogP contribution in [0.5, 0.6) is 0 Å². The normalized spacial score (nSPS) is 25.4. The van der Waals surface area contributed by atoms with Crippen molar-refractivity contribution in [1.29, 1.82) is 0 Å². The van der Waals surface area contributed by atoms with Gasteiger partial charge in [0, 0.05) is 30.7 Å². The monoisotopic (exact) mass is 277 g/mol. The van der Waals surface area contributed by atoms with Gasteiger partial charge >= 0.3 is 0 Å². The molecule has 2 heterocycles. The zero-order chi connectivity index (χ0) is 14.2. The van der Waals surface area contributed by atoms with Crippen molar-refractivity contribution in [3.63, 3.8) is 0 Å². The highest BCUT2D eigenvalue weighted by Crippen LogP contribution is 2.39. The number of nitrogens with zero attached hydrogens (tertiary/aromatic N) is 4. The lowest BCUT2D eigenvalue weighted by Crippen LogP contribution is -2.67. The summed E-state index contributed by atoms with van der Waals surface area (Å²) in [4.78, 5) is 7.15. The molecule has 3 rings (SSSR count). The highest BCUT2D eigenvalue weighted by Gasteiger charge is 2.45. The van der Waals surface area contributed by atoms with Crippen molar-refractivity contribution in [2.75, 3.05) is 13.1 Å². The maximum absolute atomic E-state index is 4.47. The first-order valence-electron chi connectivity index (χ1n) is 7.91. The van der Waals surface area contributed by atoms with Crippen molar-refractivity contribution in [2.45, 2.75) is 70.6 Å². The Morgan fingerprint density at radius 3 is 2.75 bits per heavy atom. The van der Waals surface area contributed by atoms with Gasteiger partial charge in [0.05, 0.1) is 6.54 Å². The number of hydrogen-bond acceptors (Lipinski definition) is 4. The Morgan fingerprint density at radius 1 is 1.30 bits per heavy atom. The molecule has 2 aliphatic rings. The van der Waals surface area contributed by atoms with E-state index in [0.717, 1.165) is 32.0 Å². The van der Waals surface area contributed by atoms with Gasteiger partial charge in [-0.2, -0.15) is 5.10 Å². The van der Waals surface area contributed by atoms with Crippen molar-refractivity contribution in [3.8, 4) is 0 Å². The summed E-state index contributed by atoms with van der Waals surface area (Å²) in [6.07, 6.45) is 7.04. The summed E-state index contributed by atoms with van der Waals surface area (Å²) in [6.45, 7) is 10.8. The average Bonchev–Trinajstić information content (AvgIpc) is 3.03. The Kier molecular flexibility index (Phi) is 3.58. The van der Waals surface area contributed by atoms with Gasteiger partial charge in [0.15, 0.2) is 0 Å². The number of hydrogen-bond donors (Lipinski definition) is 1. The van der Waals surface area contributed by atoms with Crippen molar-refractivity contribution in [1.82, 2.24) is 25.0 Å².